The zero-order chi connectivity index (χ0) is 16.1. The summed E-state index contributed by atoms with van der Waals surface area (Å²) in [7, 11) is 0. The number of nitrogens with one attached hydrogen (secondary N) is 1. The normalized spacial score (nSPS) is 13.7. The Labute approximate surface area is 134 Å². The lowest BCUT2D eigenvalue weighted by Crippen LogP contribution is -2.26. The fraction of sp³-hybridized carbons (Fsp3) is 0.235. The standard InChI is InChI=1S/C17H17N3O3/c21-16(19-10-8-14-3-1-2-9-18-14)13-4-6-15(7-5-13)20-11-12-23-17(20)22/h1-7,9H,8,10-12H2,(H,19,21). The number of hydrogen-bond acceptors (Lipinski definition) is 4. The fourth-order valence-corrected chi connectivity index (χ4v) is 2.37. The van der Waals surface area contributed by atoms with Gasteiger partial charge in [-0.25, -0.2) is 4.79 Å². The van der Waals surface area contributed by atoms with Crippen LogP contribution >= 0.6 is 0 Å². The molecule has 1 aromatic carbocycles. The van der Waals surface area contributed by atoms with Crippen molar-refractivity contribution in [1.29, 1.82) is 0 Å². The van der Waals surface area contributed by atoms with Crippen LogP contribution in [0.15, 0.2) is 48.7 Å². The highest BCUT2D eigenvalue weighted by Gasteiger charge is 2.23. The summed E-state index contributed by atoms with van der Waals surface area (Å²) in [4.78, 5) is 29.3. The fourth-order valence-electron chi connectivity index (χ4n) is 2.37. The van der Waals surface area contributed by atoms with E-state index in [4.69, 9.17) is 4.74 Å². The van der Waals surface area contributed by atoms with Crippen molar-refractivity contribution >= 4 is 17.7 Å². The van der Waals surface area contributed by atoms with Crippen molar-refractivity contribution in [3.05, 3.63) is 59.9 Å². The number of carbonyl (C=O) groups excluding carboxylic acids is 2. The third-order valence-electron chi connectivity index (χ3n) is 3.59. The summed E-state index contributed by atoms with van der Waals surface area (Å²) in [6.45, 7) is 1.46. The summed E-state index contributed by atoms with van der Waals surface area (Å²) in [6.07, 6.45) is 2.07. The summed E-state index contributed by atoms with van der Waals surface area (Å²) in [5.41, 5.74) is 2.23. The Morgan fingerprint density at radius 1 is 1.22 bits per heavy atom. The Bertz CT molecular complexity index is 686. The van der Waals surface area contributed by atoms with E-state index in [9.17, 15) is 9.59 Å². The smallest absolute Gasteiger partial charge is 0.414 e. The summed E-state index contributed by atoms with van der Waals surface area (Å²) in [6, 6.07) is 12.6. The molecule has 1 aliphatic rings. The minimum absolute atomic E-state index is 0.142. The van der Waals surface area contributed by atoms with Crippen LogP contribution in [0.5, 0.6) is 0 Å². The van der Waals surface area contributed by atoms with E-state index >= 15 is 0 Å². The third-order valence-corrected chi connectivity index (χ3v) is 3.59. The molecule has 1 saturated heterocycles. The van der Waals surface area contributed by atoms with Crippen LogP contribution in [0.3, 0.4) is 0 Å². The molecule has 0 spiro atoms. The lowest BCUT2D eigenvalue weighted by molar-refractivity contribution is 0.0954. The summed E-state index contributed by atoms with van der Waals surface area (Å²) in [5.74, 6) is -0.142. The first-order valence-electron chi connectivity index (χ1n) is 7.46. The average molecular weight is 311 g/mol. The Hall–Kier alpha value is -2.89. The van der Waals surface area contributed by atoms with Gasteiger partial charge in [-0.3, -0.25) is 14.7 Å². The van der Waals surface area contributed by atoms with Gasteiger partial charge in [-0.05, 0) is 36.4 Å². The Kier molecular flexibility index (Phi) is 4.52. The first-order chi connectivity index (χ1) is 11.2. The molecule has 1 N–H and O–H groups in total. The number of rotatable bonds is 5. The van der Waals surface area contributed by atoms with Crippen LogP contribution in [-0.4, -0.2) is 36.7 Å². The molecular formula is C17H17N3O3. The van der Waals surface area contributed by atoms with Crippen molar-refractivity contribution in [1.82, 2.24) is 10.3 Å². The Morgan fingerprint density at radius 2 is 2.04 bits per heavy atom. The lowest BCUT2D eigenvalue weighted by Gasteiger charge is -2.13. The van der Waals surface area contributed by atoms with Crippen molar-refractivity contribution in [2.75, 3.05) is 24.6 Å². The minimum atomic E-state index is -0.349. The number of pyridine rings is 1. The van der Waals surface area contributed by atoms with Crippen LogP contribution in [0.4, 0.5) is 10.5 Å². The number of hydrogen-bond donors (Lipinski definition) is 1. The molecule has 6 heteroatoms. The van der Waals surface area contributed by atoms with E-state index in [1.54, 1.807) is 35.4 Å². The first-order valence-corrected chi connectivity index (χ1v) is 7.46. The SMILES string of the molecule is O=C(NCCc1ccccn1)c1ccc(N2CCOC2=O)cc1. The van der Waals surface area contributed by atoms with Crippen molar-refractivity contribution in [2.24, 2.45) is 0 Å². The summed E-state index contributed by atoms with van der Waals surface area (Å²) < 4.78 is 4.89. The predicted octanol–water partition coefficient (Wildman–Crippen LogP) is 2.01. The zero-order valence-corrected chi connectivity index (χ0v) is 12.6. The number of carbonyl (C=O) groups is 2. The van der Waals surface area contributed by atoms with Gasteiger partial charge in [-0.2, -0.15) is 0 Å². The van der Waals surface area contributed by atoms with E-state index < -0.39 is 0 Å². The second kappa shape index (κ2) is 6.91. The van der Waals surface area contributed by atoms with Gasteiger partial charge in [0.2, 0.25) is 0 Å². The molecule has 2 amide bonds. The second-order valence-corrected chi connectivity index (χ2v) is 5.14. The van der Waals surface area contributed by atoms with E-state index in [2.05, 4.69) is 10.3 Å². The molecule has 118 valence electrons. The summed E-state index contributed by atoms with van der Waals surface area (Å²) >= 11 is 0. The van der Waals surface area contributed by atoms with Crippen molar-refractivity contribution in [3.63, 3.8) is 0 Å². The number of ether oxygens (including phenoxy) is 1. The maximum atomic E-state index is 12.1. The number of benzene rings is 1. The van der Waals surface area contributed by atoms with Gasteiger partial charge in [0.25, 0.3) is 5.91 Å². The average Bonchev–Trinajstić information content (AvgIpc) is 3.02. The molecule has 0 radical (unpaired) electrons. The highest BCUT2D eigenvalue weighted by Crippen LogP contribution is 2.19. The predicted molar refractivity (Wildman–Crippen MR) is 85.4 cm³/mol. The molecule has 1 aromatic heterocycles. The molecule has 6 nitrogen and oxygen atoms in total. The summed E-state index contributed by atoms with van der Waals surface area (Å²) in [5, 5.41) is 2.86. The van der Waals surface area contributed by atoms with Gasteiger partial charge in [0, 0.05) is 36.1 Å². The van der Waals surface area contributed by atoms with Crippen molar-refractivity contribution in [2.45, 2.75) is 6.42 Å². The number of nitrogens with zero attached hydrogens (tertiary/aromatic N) is 2. The van der Waals surface area contributed by atoms with E-state index in [1.807, 2.05) is 18.2 Å². The maximum Gasteiger partial charge on any atom is 0.414 e. The second-order valence-electron chi connectivity index (χ2n) is 5.14. The number of aromatic nitrogens is 1. The van der Waals surface area contributed by atoms with Gasteiger partial charge in [-0.1, -0.05) is 6.07 Å². The quantitative estimate of drug-likeness (QED) is 0.917. The molecule has 1 fully saturated rings. The van der Waals surface area contributed by atoms with Crippen molar-refractivity contribution < 1.29 is 14.3 Å². The lowest BCUT2D eigenvalue weighted by atomic mass is 10.2. The van der Waals surface area contributed by atoms with Gasteiger partial charge in [-0.15, -0.1) is 0 Å². The van der Waals surface area contributed by atoms with Gasteiger partial charge in [0.1, 0.15) is 6.61 Å². The first kappa shape index (κ1) is 15.0. The molecular weight excluding hydrogens is 294 g/mol. The van der Waals surface area contributed by atoms with Gasteiger partial charge in [0.15, 0.2) is 0 Å². The molecule has 0 saturated carbocycles. The van der Waals surface area contributed by atoms with E-state index in [0.29, 0.717) is 31.7 Å². The van der Waals surface area contributed by atoms with Crippen LogP contribution in [-0.2, 0) is 11.2 Å². The van der Waals surface area contributed by atoms with Gasteiger partial charge >= 0.3 is 6.09 Å². The minimum Gasteiger partial charge on any atom is -0.447 e. The van der Waals surface area contributed by atoms with Gasteiger partial charge in [0.05, 0.1) is 6.54 Å². The topological polar surface area (TPSA) is 71.5 Å². The monoisotopic (exact) mass is 311 g/mol. The van der Waals surface area contributed by atoms with Crippen LogP contribution < -0.4 is 10.2 Å². The van der Waals surface area contributed by atoms with Crippen LogP contribution in [0.25, 0.3) is 0 Å². The molecule has 0 unspecified atom stereocenters. The molecule has 3 rings (SSSR count). The molecule has 1 aliphatic heterocycles. The van der Waals surface area contributed by atoms with Crippen LogP contribution in [0.2, 0.25) is 0 Å². The van der Waals surface area contributed by atoms with Crippen LogP contribution in [0, 0.1) is 0 Å². The Morgan fingerprint density at radius 3 is 2.70 bits per heavy atom. The number of cyclic esters (lactones) is 1. The molecule has 0 bridgehead atoms. The van der Waals surface area contributed by atoms with Gasteiger partial charge < -0.3 is 10.1 Å². The number of anilines is 1. The maximum absolute atomic E-state index is 12.1. The highest BCUT2D eigenvalue weighted by molar-refractivity contribution is 5.95. The number of amides is 2. The molecule has 2 aromatic rings. The zero-order valence-electron chi connectivity index (χ0n) is 12.6. The largest absolute Gasteiger partial charge is 0.447 e. The van der Waals surface area contributed by atoms with Crippen LogP contribution in [0.1, 0.15) is 16.1 Å². The molecule has 0 aliphatic carbocycles. The third kappa shape index (κ3) is 3.66. The van der Waals surface area contributed by atoms with Crippen molar-refractivity contribution in [3.8, 4) is 0 Å². The van der Waals surface area contributed by atoms with E-state index in [-0.39, 0.29) is 12.0 Å². The molecule has 0 atom stereocenters. The highest BCUT2D eigenvalue weighted by atomic mass is 16.6. The Balaban J connectivity index is 1.54. The molecule has 2 heterocycles. The van der Waals surface area contributed by atoms with E-state index in [1.165, 1.54) is 0 Å². The van der Waals surface area contributed by atoms with E-state index in [0.717, 1.165) is 11.4 Å². The molecule has 23 heavy (non-hydrogen) atoms.